The van der Waals surface area contributed by atoms with E-state index in [2.05, 4.69) is 5.32 Å². The topological polar surface area (TPSA) is 69.7 Å². The molecule has 2 saturated heterocycles. The van der Waals surface area contributed by atoms with Gasteiger partial charge in [0, 0.05) is 37.7 Å². The van der Waals surface area contributed by atoms with Gasteiger partial charge in [-0.25, -0.2) is 0 Å². The second-order valence-electron chi connectivity index (χ2n) is 7.06. The SMILES string of the molecule is CCCC1C(=O)NCCN1C(=O)C1CCN(C(=O)c2ccccc2)CC1. The summed E-state index contributed by atoms with van der Waals surface area (Å²) in [7, 11) is 0. The van der Waals surface area contributed by atoms with E-state index in [1.54, 1.807) is 4.90 Å². The summed E-state index contributed by atoms with van der Waals surface area (Å²) in [4.78, 5) is 41.2. The first-order chi connectivity index (χ1) is 12.6. The summed E-state index contributed by atoms with van der Waals surface area (Å²) >= 11 is 0. The van der Waals surface area contributed by atoms with Crippen LogP contribution in [0.4, 0.5) is 0 Å². The number of amides is 3. The molecule has 6 nitrogen and oxygen atoms in total. The van der Waals surface area contributed by atoms with Crippen molar-refractivity contribution in [3.05, 3.63) is 35.9 Å². The Morgan fingerprint density at radius 3 is 2.46 bits per heavy atom. The molecule has 0 radical (unpaired) electrons. The third kappa shape index (κ3) is 3.89. The molecule has 2 aliphatic heterocycles. The highest BCUT2D eigenvalue weighted by Gasteiger charge is 2.37. The van der Waals surface area contributed by atoms with Crippen molar-refractivity contribution in [2.24, 2.45) is 5.92 Å². The van der Waals surface area contributed by atoms with Gasteiger partial charge in [0.05, 0.1) is 0 Å². The zero-order valence-electron chi connectivity index (χ0n) is 15.3. The molecule has 1 atom stereocenters. The second kappa shape index (κ2) is 8.34. The number of piperidine rings is 1. The molecule has 2 aliphatic rings. The van der Waals surface area contributed by atoms with E-state index >= 15 is 0 Å². The smallest absolute Gasteiger partial charge is 0.253 e. The van der Waals surface area contributed by atoms with Gasteiger partial charge in [-0.05, 0) is 31.4 Å². The minimum Gasteiger partial charge on any atom is -0.353 e. The van der Waals surface area contributed by atoms with Crippen LogP contribution in [0.5, 0.6) is 0 Å². The van der Waals surface area contributed by atoms with E-state index in [-0.39, 0.29) is 29.7 Å². The Hall–Kier alpha value is -2.37. The number of rotatable bonds is 4. The van der Waals surface area contributed by atoms with Crippen LogP contribution in [-0.2, 0) is 9.59 Å². The van der Waals surface area contributed by atoms with Crippen molar-refractivity contribution in [1.29, 1.82) is 0 Å². The quantitative estimate of drug-likeness (QED) is 0.891. The van der Waals surface area contributed by atoms with Gasteiger partial charge in [-0.1, -0.05) is 31.5 Å². The first kappa shape index (κ1) is 18.4. The van der Waals surface area contributed by atoms with Crippen molar-refractivity contribution in [2.75, 3.05) is 26.2 Å². The molecule has 1 N–H and O–H groups in total. The highest BCUT2D eigenvalue weighted by Crippen LogP contribution is 2.24. The lowest BCUT2D eigenvalue weighted by atomic mass is 9.93. The average Bonchev–Trinajstić information content (AvgIpc) is 2.69. The molecule has 0 spiro atoms. The largest absolute Gasteiger partial charge is 0.353 e. The van der Waals surface area contributed by atoms with Crippen LogP contribution < -0.4 is 5.32 Å². The van der Waals surface area contributed by atoms with Crippen molar-refractivity contribution < 1.29 is 14.4 Å². The van der Waals surface area contributed by atoms with Gasteiger partial charge in [-0.3, -0.25) is 14.4 Å². The van der Waals surface area contributed by atoms with Gasteiger partial charge in [-0.2, -0.15) is 0 Å². The molecule has 1 aromatic carbocycles. The Labute approximate surface area is 154 Å². The van der Waals surface area contributed by atoms with Crippen molar-refractivity contribution in [3.8, 4) is 0 Å². The Kier molecular flexibility index (Phi) is 5.91. The average molecular weight is 357 g/mol. The summed E-state index contributed by atoms with van der Waals surface area (Å²) in [5, 5.41) is 2.86. The fraction of sp³-hybridized carbons (Fsp3) is 0.550. The summed E-state index contributed by atoms with van der Waals surface area (Å²) in [6.45, 7) is 4.30. The number of carbonyl (C=O) groups excluding carboxylic acids is 3. The molecule has 0 bridgehead atoms. The lowest BCUT2D eigenvalue weighted by molar-refractivity contribution is -0.147. The lowest BCUT2D eigenvalue weighted by Gasteiger charge is -2.39. The van der Waals surface area contributed by atoms with Crippen molar-refractivity contribution in [1.82, 2.24) is 15.1 Å². The van der Waals surface area contributed by atoms with Crippen molar-refractivity contribution in [3.63, 3.8) is 0 Å². The van der Waals surface area contributed by atoms with Crippen LogP contribution in [0.2, 0.25) is 0 Å². The van der Waals surface area contributed by atoms with Gasteiger partial charge in [-0.15, -0.1) is 0 Å². The number of piperazine rings is 1. The van der Waals surface area contributed by atoms with Crippen LogP contribution in [0.15, 0.2) is 30.3 Å². The molecule has 3 rings (SSSR count). The number of carbonyl (C=O) groups is 3. The first-order valence-corrected chi connectivity index (χ1v) is 9.54. The molecular weight excluding hydrogens is 330 g/mol. The van der Waals surface area contributed by atoms with E-state index in [9.17, 15) is 14.4 Å². The van der Waals surface area contributed by atoms with E-state index in [4.69, 9.17) is 0 Å². The van der Waals surface area contributed by atoms with Crippen LogP contribution >= 0.6 is 0 Å². The normalized spacial score (nSPS) is 21.4. The standard InChI is InChI=1S/C20H27N3O3/c1-2-6-17-18(24)21-11-14-23(17)20(26)16-9-12-22(13-10-16)19(25)15-7-4-3-5-8-15/h3-5,7-8,16-17H,2,6,9-14H2,1H3,(H,21,24). The van der Waals surface area contributed by atoms with Gasteiger partial charge in [0.15, 0.2) is 0 Å². The number of likely N-dealkylation sites (tertiary alicyclic amines) is 1. The zero-order chi connectivity index (χ0) is 18.5. The maximum Gasteiger partial charge on any atom is 0.253 e. The van der Waals surface area contributed by atoms with Crippen LogP contribution in [0.25, 0.3) is 0 Å². The van der Waals surface area contributed by atoms with Gasteiger partial charge < -0.3 is 15.1 Å². The maximum absolute atomic E-state index is 13.0. The van der Waals surface area contributed by atoms with E-state index in [0.29, 0.717) is 51.0 Å². The summed E-state index contributed by atoms with van der Waals surface area (Å²) in [6.07, 6.45) is 2.89. The van der Waals surface area contributed by atoms with Crippen LogP contribution in [0, 0.1) is 5.92 Å². The summed E-state index contributed by atoms with van der Waals surface area (Å²) in [5.74, 6) is -0.0361. The second-order valence-corrected chi connectivity index (χ2v) is 7.06. The molecule has 0 aromatic heterocycles. The van der Waals surface area contributed by atoms with Gasteiger partial charge in [0.2, 0.25) is 11.8 Å². The molecule has 0 saturated carbocycles. The van der Waals surface area contributed by atoms with Crippen LogP contribution in [-0.4, -0.2) is 59.7 Å². The molecule has 1 aromatic rings. The van der Waals surface area contributed by atoms with Crippen molar-refractivity contribution in [2.45, 2.75) is 38.6 Å². The zero-order valence-corrected chi connectivity index (χ0v) is 15.3. The lowest BCUT2D eigenvalue weighted by Crippen LogP contribution is -2.59. The number of benzene rings is 1. The number of nitrogens with zero attached hydrogens (tertiary/aromatic N) is 2. The summed E-state index contributed by atoms with van der Waals surface area (Å²) in [5.41, 5.74) is 0.688. The Morgan fingerprint density at radius 2 is 1.81 bits per heavy atom. The van der Waals surface area contributed by atoms with Crippen molar-refractivity contribution >= 4 is 17.7 Å². The maximum atomic E-state index is 13.0. The highest BCUT2D eigenvalue weighted by molar-refractivity contribution is 5.94. The van der Waals surface area contributed by atoms with Gasteiger partial charge in [0.1, 0.15) is 6.04 Å². The van der Waals surface area contributed by atoms with Crippen LogP contribution in [0.1, 0.15) is 43.0 Å². The molecule has 2 fully saturated rings. The fourth-order valence-electron chi connectivity index (χ4n) is 3.87. The molecule has 3 amide bonds. The highest BCUT2D eigenvalue weighted by atomic mass is 16.2. The molecule has 26 heavy (non-hydrogen) atoms. The Morgan fingerprint density at radius 1 is 1.12 bits per heavy atom. The van der Waals surface area contributed by atoms with E-state index in [0.717, 1.165) is 6.42 Å². The first-order valence-electron chi connectivity index (χ1n) is 9.54. The van der Waals surface area contributed by atoms with Crippen LogP contribution in [0.3, 0.4) is 0 Å². The third-order valence-corrected chi connectivity index (χ3v) is 5.33. The van der Waals surface area contributed by atoms with E-state index in [1.165, 1.54) is 0 Å². The predicted molar refractivity (Wildman–Crippen MR) is 98.5 cm³/mol. The van der Waals surface area contributed by atoms with Gasteiger partial charge >= 0.3 is 0 Å². The number of hydrogen-bond acceptors (Lipinski definition) is 3. The van der Waals surface area contributed by atoms with E-state index < -0.39 is 0 Å². The third-order valence-electron chi connectivity index (χ3n) is 5.33. The predicted octanol–water partition coefficient (Wildman–Crippen LogP) is 1.67. The van der Waals surface area contributed by atoms with E-state index in [1.807, 2.05) is 42.2 Å². The monoisotopic (exact) mass is 357 g/mol. The minimum atomic E-state index is -0.342. The molecule has 140 valence electrons. The number of hydrogen-bond donors (Lipinski definition) is 1. The molecular formula is C20H27N3O3. The minimum absolute atomic E-state index is 0.0257. The summed E-state index contributed by atoms with van der Waals surface area (Å²) < 4.78 is 0. The summed E-state index contributed by atoms with van der Waals surface area (Å²) in [6, 6.07) is 8.91. The Bertz CT molecular complexity index is 654. The Balaban J connectivity index is 1.59. The molecule has 1 unspecified atom stereocenters. The fourth-order valence-corrected chi connectivity index (χ4v) is 3.87. The molecule has 6 heteroatoms. The number of nitrogens with one attached hydrogen (secondary N) is 1. The molecule has 2 heterocycles. The molecule has 0 aliphatic carbocycles. The van der Waals surface area contributed by atoms with Gasteiger partial charge in [0.25, 0.3) is 5.91 Å².